The molecule has 0 saturated carbocycles. The van der Waals surface area contributed by atoms with Crippen molar-refractivity contribution in [2.75, 3.05) is 0 Å². The lowest BCUT2D eigenvalue weighted by Crippen LogP contribution is -2.13. The molecule has 0 saturated heterocycles. The lowest BCUT2D eigenvalue weighted by molar-refractivity contribution is 0.0779. The smallest absolute Gasteiger partial charge is 0.103 e. The van der Waals surface area contributed by atoms with Crippen molar-refractivity contribution in [3.05, 3.63) is 23.7 Å². The average molecular weight is 154 g/mol. The summed E-state index contributed by atoms with van der Waals surface area (Å²) in [6.07, 6.45) is 2.48. The fraction of sp³-hybridized carbons (Fsp3) is 0.556. The van der Waals surface area contributed by atoms with E-state index < -0.39 is 5.60 Å². The van der Waals surface area contributed by atoms with E-state index >= 15 is 0 Å². The third-order valence-electron chi connectivity index (χ3n) is 1.71. The van der Waals surface area contributed by atoms with Gasteiger partial charge in [-0.05, 0) is 19.9 Å². The maximum Gasteiger partial charge on any atom is 0.103 e. The molecule has 0 aliphatic rings. The summed E-state index contributed by atoms with van der Waals surface area (Å²) in [5.41, 5.74) is 0.0612. The molecule has 0 spiro atoms. The van der Waals surface area contributed by atoms with Gasteiger partial charge in [-0.1, -0.05) is 6.92 Å². The molecule has 0 radical (unpaired) electrons. The van der Waals surface area contributed by atoms with E-state index in [0.717, 1.165) is 17.7 Å². The predicted molar refractivity (Wildman–Crippen MR) is 43.3 cm³/mol. The highest BCUT2D eigenvalue weighted by molar-refractivity contribution is 5.18. The number of hydrogen-bond donors (Lipinski definition) is 1. The first-order valence-corrected chi connectivity index (χ1v) is 3.84. The molecule has 1 heterocycles. The lowest BCUT2D eigenvalue weighted by atomic mass is 10.0. The number of aryl methyl sites for hydroxylation is 1. The molecule has 1 aromatic rings. The Balaban J connectivity index is 2.89. The highest BCUT2D eigenvalue weighted by atomic mass is 16.3. The molecule has 1 aromatic heterocycles. The third-order valence-corrected chi connectivity index (χ3v) is 1.71. The minimum Gasteiger partial charge on any atom is -0.469 e. The Labute approximate surface area is 66.8 Å². The Kier molecular flexibility index (Phi) is 2.05. The van der Waals surface area contributed by atoms with Crippen molar-refractivity contribution in [2.45, 2.75) is 32.8 Å². The van der Waals surface area contributed by atoms with Crippen molar-refractivity contribution in [3.8, 4) is 0 Å². The molecule has 0 aliphatic heterocycles. The van der Waals surface area contributed by atoms with Crippen molar-refractivity contribution in [2.24, 2.45) is 0 Å². The summed E-state index contributed by atoms with van der Waals surface area (Å²) >= 11 is 0. The third kappa shape index (κ3) is 1.84. The second kappa shape index (κ2) is 2.70. The van der Waals surface area contributed by atoms with E-state index in [4.69, 9.17) is 4.42 Å². The van der Waals surface area contributed by atoms with Gasteiger partial charge in [0, 0.05) is 12.0 Å². The first-order chi connectivity index (χ1) is 5.04. The summed E-state index contributed by atoms with van der Waals surface area (Å²) in [6.45, 7) is 5.52. The summed E-state index contributed by atoms with van der Waals surface area (Å²) in [5, 5.41) is 9.54. The van der Waals surface area contributed by atoms with Crippen LogP contribution in [0.15, 0.2) is 16.7 Å². The van der Waals surface area contributed by atoms with Crippen LogP contribution in [0.3, 0.4) is 0 Å². The SMILES string of the molecule is CCc1cc(C(C)(C)O)co1. The molecule has 0 bridgehead atoms. The molecule has 62 valence electrons. The molecular weight excluding hydrogens is 140 g/mol. The molecular formula is C9H14O2. The average Bonchev–Trinajstić information content (AvgIpc) is 2.32. The van der Waals surface area contributed by atoms with Crippen LogP contribution in [-0.2, 0) is 12.0 Å². The fourth-order valence-electron chi connectivity index (χ4n) is 0.887. The van der Waals surface area contributed by atoms with E-state index in [0.29, 0.717) is 0 Å². The molecule has 0 amide bonds. The van der Waals surface area contributed by atoms with Crippen molar-refractivity contribution in [3.63, 3.8) is 0 Å². The van der Waals surface area contributed by atoms with Gasteiger partial charge in [0.05, 0.1) is 11.9 Å². The van der Waals surface area contributed by atoms with Gasteiger partial charge in [0.1, 0.15) is 5.76 Å². The van der Waals surface area contributed by atoms with E-state index in [1.54, 1.807) is 20.1 Å². The molecule has 0 unspecified atom stereocenters. The first kappa shape index (κ1) is 8.34. The van der Waals surface area contributed by atoms with Crippen molar-refractivity contribution in [1.82, 2.24) is 0 Å². The zero-order valence-electron chi connectivity index (χ0n) is 7.22. The van der Waals surface area contributed by atoms with Gasteiger partial charge >= 0.3 is 0 Å². The van der Waals surface area contributed by atoms with Crippen LogP contribution in [0.5, 0.6) is 0 Å². The maximum atomic E-state index is 9.54. The van der Waals surface area contributed by atoms with E-state index in [2.05, 4.69) is 0 Å². The van der Waals surface area contributed by atoms with Crippen LogP contribution >= 0.6 is 0 Å². The second-order valence-electron chi connectivity index (χ2n) is 3.21. The number of aliphatic hydroxyl groups is 1. The van der Waals surface area contributed by atoms with Gasteiger partial charge < -0.3 is 9.52 Å². The van der Waals surface area contributed by atoms with Crippen molar-refractivity contribution < 1.29 is 9.52 Å². The van der Waals surface area contributed by atoms with Crippen LogP contribution in [0.1, 0.15) is 32.1 Å². The van der Waals surface area contributed by atoms with Gasteiger partial charge in [0.25, 0.3) is 0 Å². The molecule has 0 atom stereocenters. The fourth-order valence-corrected chi connectivity index (χ4v) is 0.887. The molecule has 1 N–H and O–H groups in total. The highest BCUT2D eigenvalue weighted by Crippen LogP contribution is 2.21. The standard InChI is InChI=1S/C9H14O2/c1-4-8-5-7(6-11-8)9(2,3)10/h5-6,10H,4H2,1-3H3. The molecule has 0 aliphatic carbocycles. The van der Waals surface area contributed by atoms with Gasteiger partial charge in [0.15, 0.2) is 0 Å². The largest absolute Gasteiger partial charge is 0.469 e. The second-order valence-corrected chi connectivity index (χ2v) is 3.21. The minimum absolute atomic E-state index is 0.781. The van der Waals surface area contributed by atoms with Crippen LogP contribution in [0.25, 0.3) is 0 Å². The van der Waals surface area contributed by atoms with Crippen LogP contribution in [0.2, 0.25) is 0 Å². The van der Waals surface area contributed by atoms with E-state index in [9.17, 15) is 5.11 Å². The Bertz CT molecular complexity index is 230. The summed E-state index contributed by atoms with van der Waals surface area (Å²) in [6, 6.07) is 1.89. The van der Waals surface area contributed by atoms with Crippen LogP contribution in [0, 0.1) is 0 Å². The summed E-state index contributed by atoms with van der Waals surface area (Å²) < 4.78 is 5.18. The highest BCUT2D eigenvalue weighted by Gasteiger charge is 2.17. The predicted octanol–water partition coefficient (Wildman–Crippen LogP) is 2.07. The zero-order valence-corrected chi connectivity index (χ0v) is 7.22. The summed E-state index contributed by atoms with van der Waals surface area (Å²) in [5.74, 6) is 0.919. The van der Waals surface area contributed by atoms with Gasteiger partial charge in [-0.15, -0.1) is 0 Å². The molecule has 2 nitrogen and oxygen atoms in total. The maximum absolute atomic E-state index is 9.54. The Hall–Kier alpha value is -0.760. The monoisotopic (exact) mass is 154 g/mol. The van der Waals surface area contributed by atoms with Gasteiger partial charge in [-0.2, -0.15) is 0 Å². The number of hydrogen-bond acceptors (Lipinski definition) is 2. The summed E-state index contributed by atoms with van der Waals surface area (Å²) in [7, 11) is 0. The van der Waals surface area contributed by atoms with Crippen LogP contribution in [0.4, 0.5) is 0 Å². The molecule has 0 fully saturated rings. The normalized spacial score (nSPS) is 12.0. The quantitative estimate of drug-likeness (QED) is 0.707. The summed E-state index contributed by atoms with van der Waals surface area (Å²) in [4.78, 5) is 0. The van der Waals surface area contributed by atoms with E-state index in [1.807, 2.05) is 13.0 Å². The Morgan fingerprint density at radius 2 is 2.18 bits per heavy atom. The van der Waals surface area contributed by atoms with Crippen molar-refractivity contribution >= 4 is 0 Å². The van der Waals surface area contributed by atoms with Gasteiger partial charge in [-0.25, -0.2) is 0 Å². The number of rotatable bonds is 2. The number of furan rings is 1. The molecule has 0 aromatic carbocycles. The minimum atomic E-state index is -0.781. The molecule has 1 rings (SSSR count). The zero-order chi connectivity index (χ0) is 8.48. The Morgan fingerprint density at radius 1 is 1.55 bits per heavy atom. The molecule has 2 heteroatoms. The topological polar surface area (TPSA) is 33.4 Å². The van der Waals surface area contributed by atoms with Crippen LogP contribution < -0.4 is 0 Å². The Morgan fingerprint density at radius 3 is 2.45 bits per heavy atom. The van der Waals surface area contributed by atoms with E-state index in [-0.39, 0.29) is 0 Å². The first-order valence-electron chi connectivity index (χ1n) is 3.84. The molecule has 11 heavy (non-hydrogen) atoms. The van der Waals surface area contributed by atoms with E-state index in [1.165, 1.54) is 0 Å². The lowest BCUT2D eigenvalue weighted by Gasteiger charge is -2.13. The van der Waals surface area contributed by atoms with Crippen LogP contribution in [-0.4, -0.2) is 5.11 Å². The van der Waals surface area contributed by atoms with Crippen molar-refractivity contribution in [1.29, 1.82) is 0 Å². The van der Waals surface area contributed by atoms with Gasteiger partial charge in [-0.3, -0.25) is 0 Å². The van der Waals surface area contributed by atoms with Gasteiger partial charge in [0.2, 0.25) is 0 Å².